The highest BCUT2D eigenvalue weighted by Crippen LogP contribution is 2.38. The molecule has 5 nitrogen and oxygen atoms in total. The van der Waals surface area contributed by atoms with Crippen LogP contribution in [0.1, 0.15) is 17.0 Å². The Labute approximate surface area is 197 Å². The number of allylic oxidation sites excluding steroid dienone is 1. The number of fused-ring (bicyclic) bond motifs is 1. The SMILES string of the molecule is COc1cc(/C=C(/C#N)c2nc3ccc(F)cc3[nH]2)cc(Cl)c1OCc1ccc(Br)cc1. The zero-order valence-corrected chi connectivity index (χ0v) is 19.2. The maximum Gasteiger partial charge on any atom is 0.180 e. The van der Waals surface area contributed by atoms with Crippen molar-refractivity contribution in [3.8, 4) is 17.6 Å². The number of ether oxygens (including phenoxy) is 2. The summed E-state index contributed by atoms with van der Waals surface area (Å²) in [7, 11) is 1.52. The molecule has 0 fully saturated rings. The van der Waals surface area contributed by atoms with Crippen LogP contribution in [0.15, 0.2) is 59.1 Å². The Bertz CT molecular complexity index is 1360. The number of hydrogen-bond donors (Lipinski definition) is 1. The van der Waals surface area contributed by atoms with Crippen molar-refractivity contribution in [1.82, 2.24) is 9.97 Å². The quantitative estimate of drug-likeness (QED) is 0.289. The van der Waals surface area contributed by atoms with Crippen molar-refractivity contribution in [2.75, 3.05) is 7.11 Å². The van der Waals surface area contributed by atoms with Crippen LogP contribution in [0.2, 0.25) is 5.02 Å². The van der Waals surface area contributed by atoms with Gasteiger partial charge in [-0.15, -0.1) is 0 Å². The van der Waals surface area contributed by atoms with Crippen molar-refractivity contribution in [3.05, 3.63) is 86.9 Å². The molecule has 0 aliphatic heterocycles. The summed E-state index contributed by atoms with van der Waals surface area (Å²) in [5, 5.41) is 10.0. The summed E-state index contributed by atoms with van der Waals surface area (Å²) in [6, 6.07) is 17.5. The summed E-state index contributed by atoms with van der Waals surface area (Å²) in [5.41, 5.74) is 2.95. The average Bonchev–Trinajstić information content (AvgIpc) is 3.20. The zero-order valence-electron chi connectivity index (χ0n) is 16.8. The Morgan fingerprint density at radius 2 is 2.00 bits per heavy atom. The molecule has 0 atom stereocenters. The minimum Gasteiger partial charge on any atom is -0.493 e. The molecule has 1 aromatic heterocycles. The van der Waals surface area contributed by atoms with Crippen LogP contribution < -0.4 is 9.47 Å². The number of aromatic amines is 1. The van der Waals surface area contributed by atoms with Crippen molar-refractivity contribution in [2.45, 2.75) is 6.61 Å². The van der Waals surface area contributed by atoms with Gasteiger partial charge in [0.1, 0.15) is 24.3 Å². The summed E-state index contributed by atoms with van der Waals surface area (Å²) in [6.45, 7) is 0.317. The monoisotopic (exact) mass is 511 g/mol. The average molecular weight is 513 g/mol. The number of benzene rings is 3. The molecule has 0 radical (unpaired) electrons. The van der Waals surface area contributed by atoms with Crippen molar-refractivity contribution in [3.63, 3.8) is 0 Å². The minimum absolute atomic E-state index is 0.267. The second-order valence-electron chi connectivity index (χ2n) is 6.87. The molecule has 160 valence electrons. The van der Waals surface area contributed by atoms with Crippen LogP contribution >= 0.6 is 27.5 Å². The summed E-state index contributed by atoms with van der Waals surface area (Å²) in [5.74, 6) is 0.793. The Morgan fingerprint density at radius 3 is 2.72 bits per heavy atom. The molecule has 4 rings (SSSR count). The zero-order chi connectivity index (χ0) is 22.7. The van der Waals surface area contributed by atoms with Gasteiger partial charge in [0, 0.05) is 4.47 Å². The van der Waals surface area contributed by atoms with Crippen LogP contribution in [0.4, 0.5) is 4.39 Å². The minimum atomic E-state index is -0.384. The van der Waals surface area contributed by atoms with Crippen LogP contribution in [0.3, 0.4) is 0 Å². The molecule has 8 heteroatoms. The van der Waals surface area contributed by atoms with Gasteiger partial charge in [0.2, 0.25) is 0 Å². The molecule has 0 amide bonds. The molecule has 3 aromatic carbocycles. The van der Waals surface area contributed by atoms with E-state index in [0.29, 0.717) is 45.5 Å². The van der Waals surface area contributed by atoms with E-state index < -0.39 is 0 Å². The third kappa shape index (κ3) is 4.77. The number of halogens is 3. The van der Waals surface area contributed by atoms with Gasteiger partial charge in [-0.25, -0.2) is 9.37 Å². The fourth-order valence-electron chi connectivity index (χ4n) is 3.13. The van der Waals surface area contributed by atoms with Gasteiger partial charge < -0.3 is 14.5 Å². The van der Waals surface area contributed by atoms with Crippen LogP contribution in [-0.2, 0) is 6.61 Å². The Hall–Kier alpha value is -3.34. The highest BCUT2D eigenvalue weighted by atomic mass is 79.9. The predicted molar refractivity (Wildman–Crippen MR) is 126 cm³/mol. The molecule has 1 N–H and O–H groups in total. The number of rotatable bonds is 6. The summed E-state index contributed by atoms with van der Waals surface area (Å²) in [4.78, 5) is 7.34. The molecule has 32 heavy (non-hydrogen) atoms. The molecular formula is C24H16BrClFN3O2. The van der Waals surface area contributed by atoms with E-state index in [4.69, 9.17) is 21.1 Å². The van der Waals surface area contributed by atoms with Crippen LogP contribution in [0, 0.1) is 17.1 Å². The van der Waals surface area contributed by atoms with E-state index in [-0.39, 0.29) is 11.4 Å². The molecule has 0 spiro atoms. The smallest absolute Gasteiger partial charge is 0.180 e. The topological polar surface area (TPSA) is 70.9 Å². The van der Waals surface area contributed by atoms with Crippen LogP contribution in [0.25, 0.3) is 22.7 Å². The predicted octanol–water partition coefficient (Wildman–Crippen LogP) is 6.77. The Balaban J connectivity index is 1.63. The van der Waals surface area contributed by atoms with Crippen LogP contribution in [0.5, 0.6) is 11.5 Å². The van der Waals surface area contributed by atoms with Crippen molar-refractivity contribution in [1.29, 1.82) is 5.26 Å². The van der Waals surface area contributed by atoms with Gasteiger partial charge in [-0.2, -0.15) is 5.26 Å². The number of imidazole rings is 1. The number of nitrogens with zero attached hydrogens (tertiary/aromatic N) is 2. The summed E-state index contributed by atoms with van der Waals surface area (Å²) >= 11 is 9.87. The highest BCUT2D eigenvalue weighted by Gasteiger charge is 2.14. The molecule has 0 aliphatic carbocycles. The normalized spacial score (nSPS) is 11.4. The van der Waals surface area contributed by atoms with Gasteiger partial charge in [0.15, 0.2) is 11.5 Å². The standard InChI is InChI=1S/C24H16BrClFN3O2/c1-31-22-10-15(9-19(26)23(22)32-13-14-2-4-17(25)5-3-14)8-16(12-28)24-29-20-7-6-18(27)11-21(20)30-24/h2-11H,13H2,1H3,(H,29,30)/b16-8-. The molecule has 0 saturated carbocycles. The highest BCUT2D eigenvalue weighted by molar-refractivity contribution is 9.10. The molecule has 0 bridgehead atoms. The van der Waals surface area contributed by atoms with E-state index >= 15 is 0 Å². The third-order valence-electron chi connectivity index (χ3n) is 4.68. The maximum absolute atomic E-state index is 13.5. The van der Waals surface area contributed by atoms with Gasteiger partial charge in [-0.05, 0) is 59.7 Å². The Kier molecular flexibility index (Phi) is 6.45. The second-order valence-corrected chi connectivity index (χ2v) is 8.19. The van der Waals surface area contributed by atoms with Crippen molar-refractivity contribution >= 4 is 50.2 Å². The molecule has 1 heterocycles. The van der Waals surface area contributed by atoms with E-state index in [9.17, 15) is 9.65 Å². The summed E-state index contributed by atoms with van der Waals surface area (Å²) < 4.78 is 25.8. The van der Waals surface area contributed by atoms with Gasteiger partial charge in [0.25, 0.3) is 0 Å². The maximum atomic E-state index is 13.5. The van der Waals surface area contributed by atoms with E-state index in [1.54, 1.807) is 24.3 Å². The lowest BCUT2D eigenvalue weighted by Crippen LogP contribution is -1.99. The lowest BCUT2D eigenvalue weighted by Gasteiger charge is -2.13. The first kappa shape index (κ1) is 21.9. The second kappa shape index (κ2) is 9.43. The lowest BCUT2D eigenvalue weighted by atomic mass is 10.1. The number of nitrogens with one attached hydrogen (secondary N) is 1. The number of methoxy groups -OCH3 is 1. The van der Waals surface area contributed by atoms with E-state index in [2.05, 4.69) is 32.0 Å². The van der Waals surface area contributed by atoms with E-state index in [1.807, 2.05) is 24.3 Å². The Morgan fingerprint density at radius 1 is 1.22 bits per heavy atom. The first-order valence-corrected chi connectivity index (χ1v) is 10.7. The summed E-state index contributed by atoms with van der Waals surface area (Å²) in [6.07, 6.45) is 1.63. The fraction of sp³-hybridized carbons (Fsp3) is 0.0833. The van der Waals surface area contributed by atoms with Crippen LogP contribution in [-0.4, -0.2) is 17.1 Å². The molecule has 4 aromatic rings. The van der Waals surface area contributed by atoms with Gasteiger partial charge in [-0.1, -0.05) is 39.7 Å². The van der Waals surface area contributed by atoms with Crippen molar-refractivity contribution < 1.29 is 13.9 Å². The van der Waals surface area contributed by atoms with Gasteiger partial charge in [-0.3, -0.25) is 0 Å². The third-order valence-corrected chi connectivity index (χ3v) is 5.49. The number of H-pyrrole nitrogens is 1. The van der Waals surface area contributed by atoms with E-state index in [1.165, 1.54) is 19.2 Å². The molecular weight excluding hydrogens is 497 g/mol. The largest absolute Gasteiger partial charge is 0.493 e. The lowest BCUT2D eigenvalue weighted by molar-refractivity contribution is 0.284. The number of nitriles is 1. The first-order valence-electron chi connectivity index (χ1n) is 9.49. The molecule has 0 unspecified atom stereocenters. The number of hydrogen-bond acceptors (Lipinski definition) is 4. The van der Waals surface area contributed by atoms with E-state index in [0.717, 1.165) is 10.0 Å². The molecule has 0 aliphatic rings. The number of aromatic nitrogens is 2. The van der Waals surface area contributed by atoms with Gasteiger partial charge >= 0.3 is 0 Å². The molecule has 0 saturated heterocycles. The van der Waals surface area contributed by atoms with Gasteiger partial charge in [0.05, 0.1) is 28.7 Å². The first-order chi connectivity index (χ1) is 15.5. The fourth-order valence-corrected chi connectivity index (χ4v) is 3.67. The van der Waals surface area contributed by atoms with Crippen molar-refractivity contribution in [2.24, 2.45) is 0 Å².